The van der Waals surface area contributed by atoms with Crippen molar-refractivity contribution in [3.05, 3.63) is 46.1 Å². The quantitative estimate of drug-likeness (QED) is 0.288. The second-order valence-electron chi connectivity index (χ2n) is 6.06. The van der Waals surface area contributed by atoms with Crippen LogP contribution in [0.4, 0.5) is 10.1 Å². The molecular formula is C16H15N3O10S. The van der Waals surface area contributed by atoms with Gasteiger partial charge in [0.15, 0.2) is 11.2 Å². The second-order valence-corrected chi connectivity index (χ2v) is 7.07. The van der Waals surface area contributed by atoms with Gasteiger partial charge in [0.05, 0.1) is 10.5 Å². The fraction of sp³-hybridized carbons (Fsp3) is 0.312. The fourth-order valence-corrected chi connectivity index (χ4v) is 3.23. The van der Waals surface area contributed by atoms with Crippen LogP contribution in [0.1, 0.15) is 10.4 Å². The first-order valence-corrected chi connectivity index (χ1v) is 9.10. The number of carboxylic acid groups (broad SMARTS) is 1. The van der Waals surface area contributed by atoms with Crippen molar-refractivity contribution in [2.24, 2.45) is 0 Å². The molecule has 1 aromatic heterocycles. The molecule has 0 radical (unpaired) electrons. The van der Waals surface area contributed by atoms with E-state index in [2.05, 4.69) is 10.3 Å². The maximum absolute atomic E-state index is 12.5. The third-order valence-electron chi connectivity index (χ3n) is 4.08. The molecule has 14 heteroatoms. The highest BCUT2D eigenvalue weighted by molar-refractivity contribution is 7.18. The van der Waals surface area contributed by atoms with Gasteiger partial charge in [0, 0.05) is 0 Å². The molecule has 5 atom stereocenters. The number of amides is 1. The minimum atomic E-state index is -1.89. The number of para-hydroxylation sites is 1. The van der Waals surface area contributed by atoms with Gasteiger partial charge in [-0.2, -0.15) is 0 Å². The highest BCUT2D eigenvalue weighted by Crippen LogP contribution is 2.29. The lowest BCUT2D eigenvalue weighted by Crippen LogP contribution is -2.61. The van der Waals surface area contributed by atoms with E-state index in [1.165, 1.54) is 24.3 Å². The van der Waals surface area contributed by atoms with Gasteiger partial charge in [-0.15, -0.1) is 0 Å². The number of nitrogens with zero attached hydrogens (tertiary/aromatic N) is 2. The van der Waals surface area contributed by atoms with Gasteiger partial charge in [-0.25, -0.2) is 9.78 Å². The zero-order valence-corrected chi connectivity index (χ0v) is 15.6. The van der Waals surface area contributed by atoms with Crippen LogP contribution in [0.2, 0.25) is 0 Å². The lowest BCUT2D eigenvalue weighted by molar-refractivity contribution is -0.380. The minimum absolute atomic E-state index is 0.0417. The number of carbonyl (C=O) groups is 2. The average molecular weight is 441 g/mol. The van der Waals surface area contributed by atoms with Gasteiger partial charge in [0.25, 0.3) is 5.91 Å². The Morgan fingerprint density at radius 2 is 1.90 bits per heavy atom. The molecule has 0 bridgehead atoms. The molecule has 3 rings (SSSR count). The van der Waals surface area contributed by atoms with E-state index in [-0.39, 0.29) is 21.4 Å². The zero-order valence-electron chi connectivity index (χ0n) is 14.8. The van der Waals surface area contributed by atoms with E-state index in [1.54, 1.807) is 0 Å². The molecule has 2 heterocycles. The maximum Gasteiger partial charge on any atom is 0.345 e. The van der Waals surface area contributed by atoms with Crippen molar-refractivity contribution in [2.75, 3.05) is 5.32 Å². The van der Waals surface area contributed by atoms with Crippen molar-refractivity contribution in [2.45, 2.75) is 30.7 Å². The van der Waals surface area contributed by atoms with Crippen LogP contribution in [-0.4, -0.2) is 72.9 Å². The van der Waals surface area contributed by atoms with E-state index in [0.29, 0.717) is 11.3 Å². The predicted octanol–water partition coefficient (Wildman–Crippen LogP) is -0.425. The summed E-state index contributed by atoms with van der Waals surface area (Å²) in [6, 6.07) is 5.63. The predicted molar refractivity (Wildman–Crippen MR) is 98.1 cm³/mol. The number of thiazole rings is 1. The zero-order chi connectivity index (χ0) is 22.0. The average Bonchev–Trinajstić information content (AvgIpc) is 3.17. The molecule has 1 aromatic carbocycles. The van der Waals surface area contributed by atoms with Crippen molar-refractivity contribution in [3.63, 3.8) is 0 Å². The number of anilines is 1. The standard InChI is InChI=1S/C16H15N3O10S/c20-9-10(21)12(14(24)25)29-15(11(9)22)28-7-4-2-1-3-6(7)13(23)18-16-17-5-8(30-16)19(26)27/h1-5,9-12,15,20-22H,(H,24,25)(H,17,18,23)/t9-,10-,11+,12-,15-/m0/s1. The molecule has 0 saturated carbocycles. The van der Waals surface area contributed by atoms with Crippen molar-refractivity contribution in [3.8, 4) is 5.75 Å². The van der Waals surface area contributed by atoms with E-state index < -0.39 is 47.5 Å². The summed E-state index contributed by atoms with van der Waals surface area (Å²) >= 11 is 0.636. The summed E-state index contributed by atoms with van der Waals surface area (Å²) in [5, 5.41) is 51.5. The summed E-state index contributed by atoms with van der Waals surface area (Å²) in [5.41, 5.74) is -0.0846. The van der Waals surface area contributed by atoms with E-state index in [9.17, 15) is 35.0 Å². The third-order valence-corrected chi connectivity index (χ3v) is 4.95. The van der Waals surface area contributed by atoms with Crippen molar-refractivity contribution >= 4 is 33.3 Å². The van der Waals surface area contributed by atoms with Crippen molar-refractivity contribution < 1.29 is 44.4 Å². The van der Waals surface area contributed by atoms with Gasteiger partial charge in [-0.1, -0.05) is 12.1 Å². The Balaban J connectivity index is 1.79. The molecule has 30 heavy (non-hydrogen) atoms. The van der Waals surface area contributed by atoms with Crippen molar-refractivity contribution in [1.29, 1.82) is 0 Å². The Bertz CT molecular complexity index is 966. The molecular weight excluding hydrogens is 426 g/mol. The van der Waals surface area contributed by atoms with E-state index in [1.807, 2.05) is 0 Å². The number of hydrogen-bond donors (Lipinski definition) is 5. The highest BCUT2D eigenvalue weighted by Gasteiger charge is 2.48. The number of carbonyl (C=O) groups excluding carboxylic acids is 1. The topological polar surface area (TPSA) is 202 Å². The Morgan fingerprint density at radius 1 is 1.20 bits per heavy atom. The summed E-state index contributed by atoms with van der Waals surface area (Å²) in [5.74, 6) is -2.48. The van der Waals surface area contributed by atoms with E-state index in [0.717, 1.165) is 6.20 Å². The summed E-state index contributed by atoms with van der Waals surface area (Å²) in [6.07, 6.45) is -8.18. The second kappa shape index (κ2) is 8.68. The number of rotatable bonds is 6. The molecule has 5 N–H and O–H groups in total. The van der Waals surface area contributed by atoms with Gasteiger partial charge in [-0.05, 0) is 23.5 Å². The largest absolute Gasteiger partial charge is 0.479 e. The van der Waals surface area contributed by atoms with Gasteiger partial charge >= 0.3 is 11.0 Å². The number of aliphatic carboxylic acids is 1. The first-order chi connectivity index (χ1) is 14.2. The molecule has 2 aromatic rings. The monoisotopic (exact) mass is 441 g/mol. The molecule has 1 aliphatic rings. The first-order valence-electron chi connectivity index (χ1n) is 8.28. The molecule has 1 fully saturated rings. The third kappa shape index (κ3) is 4.37. The Labute approximate surface area is 171 Å². The molecule has 0 spiro atoms. The Hall–Kier alpha value is -3.17. The van der Waals surface area contributed by atoms with Crippen LogP contribution in [0.5, 0.6) is 5.75 Å². The fourth-order valence-electron chi connectivity index (χ4n) is 2.60. The molecule has 1 amide bonds. The number of nitro groups is 1. The maximum atomic E-state index is 12.5. The van der Waals surface area contributed by atoms with E-state index in [4.69, 9.17) is 14.6 Å². The number of hydrogen-bond acceptors (Lipinski definition) is 11. The molecule has 160 valence electrons. The number of ether oxygens (including phenoxy) is 2. The van der Waals surface area contributed by atoms with Crippen LogP contribution in [0.3, 0.4) is 0 Å². The van der Waals surface area contributed by atoms with Gasteiger partial charge in [0.2, 0.25) is 6.29 Å². The molecule has 0 unspecified atom stereocenters. The Kier molecular flexibility index (Phi) is 6.23. The smallest absolute Gasteiger partial charge is 0.345 e. The van der Waals surface area contributed by atoms with Gasteiger partial charge in [-0.3, -0.25) is 20.2 Å². The van der Waals surface area contributed by atoms with Crippen molar-refractivity contribution in [1.82, 2.24) is 4.98 Å². The SMILES string of the molecule is O=C(Nc1ncc([N+](=O)[O-])s1)c1ccccc1O[C@H]1O[C@H](C(=O)O)[C@@H](O)[C@H](O)[C@H]1O. The van der Waals surface area contributed by atoms with Crippen LogP contribution in [0, 0.1) is 10.1 Å². The summed E-state index contributed by atoms with van der Waals surface area (Å²) in [7, 11) is 0. The minimum Gasteiger partial charge on any atom is -0.479 e. The number of aliphatic hydroxyl groups excluding tert-OH is 3. The van der Waals surface area contributed by atoms with Crippen LogP contribution in [0.15, 0.2) is 30.5 Å². The number of aromatic nitrogens is 1. The van der Waals surface area contributed by atoms with Crippen LogP contribution in [-0.2, 0) is 9.53 Å². The summed E-state index contributed by atoms with van der Waals surface area (Å²) < 4.78 is 10.4. The summed E-state index contributed by atoms with van der Waals surface area (Å²) in [6.45, 7) is 0. The molecule has 13 nitrogen and oxygen atoms in total. The van der Waals surface area contributed by atoms with Crippen LogP contribution in [0.25, 0.3) is 0 Å². The number of benzene rings is 1. The lowest BCUT2D eigenvalue weighted by atomic mass is 9.99. The van der Waals surface area contributed by atoms with Gasteiger partial charge < -0.3 is 29.9 Å². The molecule has 1 saturated heterocycles. The molecule has 0 aliphatic carbocycles. The lowest BCUT2D eigenvalue weighted by Gasteiger charge is -2.38. The van der Waals surface area contributed by atoms with Gasteiger partial charge in [0.1, 0.15) is 30.3 Å². The normalized spacial score (nSPS) is 26.0. The van der Waals surface area contributed by atoms with Crippen LogP contribution >= 0.6 is 11.3 Å². The number of carboxylic acids is 1. The number of nitrogens with one attached hydrogen (secondary N) is 1. The number of aliphatic hydroxyl groups is 3. The first kappa shape index (κ1) is 21.5. The highest BCUT2D eigenvalue weighted by atomic mass is 32.1. The van der Waals surface area contributed by atoms with E-state index >= 15 is 0 Å². The molecule has 1 aliphatic heterocycles. The Morgan fingerprint density at radius 3 is 2.53 bits per heavy atom. The van der Waals surface area contributed by atoms with Crippen LogP contribution < -0.4 is 10.1 Å². The summed E-state index contributed by atoms with van der Waals surface area (Å²) in [4.78, 5) is 37.5.